The predicted molar refractivity (Wildman–Crippen MR) is 57.8 cm³/mol. The molecule has 4 nitrogen and oxygen atoms in total. The highest BCUT2D eigenvalue weighted by Gasteiger charge is 2.16. The summed E-state index contributed by atoms with van der Waals surface area (Å²) in [4.78, 5) is 4.15. The molecule has 0 bridgehead atoms. The fourth-order valence-corrected chi connectivity index (χ4v) is 1.66. The lowest BCUT2D eigenvalue weighted by atomic mass is 10.0. The van der Waals surface area contributed by atoms with E-state index < -0.39 is 0 Å². The van der Waals surface area contributed by atoms with E-state index in [1.807, 2.05) is 26.0 Å². The molecule has 4 heteroatoms. The Morgan fingerprint density at radius 2 is 2.07 bits per heavy atom. The highest BCUT2D eigenvalue weighted by Crippen LogP contribution is 2.20. The summed E-state index contributed by atoms with van der Waals surface area (Å²) in [6.45, 7) is 5.79. The number of fused-ring (bicyclic) bond motifs is 1. The number of aliphatic hydroxyl groups excluding tert-OH is 1. The molecule has 0 saturated heterocycles. The Bertz CT molecular complexity index is 476. The summed E-state index contributed by atoms with van der Waals surface area (Å²) in [5, 5.41) is 13.8. The van der Waals surface area contributed by atoms with Gasteiger partial charge in [-0.15, -0.1) is 0 Å². The minimum atomic E-state index is -0.390. The van der Waals surface area contributed by atoms with Crippen molar-refractivity contribution in [3.05, 3.63) is 29.7 Å². The van der Waals surface area contributed by atoms with Crippen LogP contribution >= 0.6 is 0 Å². The molecule has 1 N–H and O–H groups in total. The van der Waals surface area contributed by atoms with Gasteiger partial charge in [0.15, 0.2) is 5.65 Å². The van der Waals surface area contributed by atoms with Gasteiger partial charge in [-0.25, -0.2) is 9.50 Å². The van der Waals surface area contributed by atoms with E-state index in [2.05, 4.69) is 10.1 Å². The first-order valence-electron chi connectivity index (χ1n) is 5.08. The van der Waals surface area contributed by atoms with Crippen LogP contribution in [0.3, 0.4) is 0 Å². The predicted octanol–water partition coefficient (Wildman–Crippen LogP) is 1.52. The van der Waals surface area contributed by atoms with Crippen molar-refractivity contribution in [2.45, 2.75) is 32.8 Å². The molecule has 0 aliphatic heterocycles. The summed E-state index contributed by atoms with van der Waals surface area (Å²) in [7, 11) is 0. The van der Waals surface area contributed by atoms with E-state index in [0.29, 0.717) is 0 Å². The van der Waals surface area contributed by atoms with Crippen LogP contribution in [0.4, 0.5) is 0 Å². The van der Waals surface area contributed by atoms with Crippen LogP contribution in [0, 0.1) is 6.92 Å². The Morgan fingerprint density at radius 3 is 2.73 bits per heavy atom. The van der Waals surface area contributed by atoms with Crippen molar-refractivity contribution in [2.75, 3.05) is 0 Å². The van der Waals surface area contributed by atoms with Crippen molar-refractivity contribution < 1.29 is 5.11 Å². The van der Waals surface area contributed by atoms with Gasteiger partial charge < -0.3 is 5.11 Å². The minimum absolute atomic E-state index is 0.0501. The maximum Gasteiger partial charge on any atom is 0.155 e. The van der Waals surface area contributed by atoms with E-state index in [1.54, 1.807) is 11.4 Å². The largest absolute Gasteiger partial charge is 0.393 e. The Morgan fingerprint density at radius 1 is 1.33 bits per heavy atom. The van der Waals surface area contributed by atoms with Gasteiger partial charge in [-0.2, -0.15) is 5.10 Å². The lowest BCUT2D eigenvalue weighted by Crippen LogP contribution is -2.15. The van der Waals surface area contributed by atoms with E-state index in [9.17, 15) is 5.11 Å². The van der Waals surface area contributed by atoms with Gasteiger partial charge in [-0.1, -0.05) is 6.92 Å². The second-order valence-corrected chi connectivity index (χ2v) is 4.02. The van der Waals surface area contributed by atoms with Crippen LogP contribution in [0.2, 0.25) is 0 Å². The molecule has 0 radical (unpaired) electrons. The standard InChI is InChI=1S/C11H15N3O/c1-7-4-10(8(2)9(3)15)14-11(5-7)12-6-13-14/h4-6,8-9,15H,1-3H3. The summed E-state index contributed by atoms with van der Waals surface area (Å²) in [5.74, 6) is 0.0501. The second-order valence-electron chi connectivity index (χ2n) is 4.02. The molecule has 2 atom stereocenters. The number of hydrogen-bond acceptors (Lipinski definition) is 3. The first-order chi connectivity index (χ1) is 7.09. The van der Waals surface area contributed by atoms with Gasteiger partial charge >= 0.3 is 0 Å². The average molecular weight is 205 g/mol. The monoisotopic (exact) mass is 205 g/mol. The molecule has 2 aromatic rings. The molecule has 15 heavy (non-hydrogen) atoms. The summed E-state index contributed by atoms with van der Waals surface area (Å²) in [6.07, 6.45) is 1.15. The first kappa shape index (κ1) is 10.1. The van der Waals surface area contributed by atoms with Gasteiger partial charge in [-0.3, -0.25) is 0 Å². The van der Waals surface area contributed by atoms with E-state index in [1.165, 1.54) is 6.33 Å². The zero-order valence-electron chi connectivity index (χ0n) is 9.18. The third kappa shape index (κ3) is 1.72. The van der Waals surface area contributed by atoms with Crippen molar-refractivity contribution >= 4 is 5.65 Å². The fourth-order valence-electron chi connectivity index (χ4n) is 1.66. The fraction of sp³-hybridized carbons (Fsp3) is 0.455. The third-order valence-electron chi connectivity index (χ3n) is 2.74. The lowest BCUT2D eigenvalue weighted by molar-refractivity contribution is 0.166. The maximum atomic E-state index is 9.60. The maximum absolute atomic E-state index is 9.60. The number of aromatic nitrogens is 3. The molecule has 0 aliphatic carbocycles. The van der Waals surface area contributed by atoms with E-state index in [0.717, 1.165) is 16.9 Å². The van der Waals surface area contributed by atoms with Crippen LogP contribution in [-0.4, -0.2) is 25.8 Å². The van der Waals surface area contributed by atoms with Crippen molar-refractivity contribution in [1.29, 1.82) is 0 Å². The number of pyridine rings is 1. The Labute approximate surface area is 88.6 Å². The van der Waals surface area contributed by atoms with Gasteiger partial charge in [0.05, 0.1) is 11.8 Å². The molecule has 0 saturated carbocycles. The summed E-state index contributed by atoms with van der Waals surface area (Å²) in [5.41, 5.74) is 2.97. The molecule has 2 rings (SSSR count). The lowest BCUT2D eigenvalue weighted by Gasteiger charge is -2.16. The van der Waals surface area contributed by atoms with Gasteiger partial charge in [0.2, 0.25) is 0 Å². The number of rotatable bonds is 2. The first-order valence-corrected chi connectivity index (χ1v) is 5.08. The van der Waals surface area contributed by atoms with Crippen molar-refractivity contribution in [2.24, 2.45) is 0 Å². The minimum Gasteiger partial charge on any atom is -0.393 e. The van der Waals surface area contributed by atoms with E-state index in [-0.39, 0.29) is 12.0 Å². The Hall–Kier alpha value is -1.42. The van der Waals surface area contributed by atoms with Crippen molar-refractivity contribution in [3.63, 3.8) is 0 Å². The topological polar surface area (TPSA) is 50.4 Å². The molecule has 2 unspecified atom stereocenters. The molecule has 0 amide bonds. The number of hydrogen-bond donors (Lipinski definition) is 1. The van der Waals surface area contributed by atoms with Crippen LogP contribution < -0.4 is 0 Å². The SMILES string of the molecule is Cc1cc(C(C)C(C)O)n2ncnc2c1. The molecule has 0 fully saturated rings. The van der Waals surface area contributed by atoms with E-state index >= 15 is 0 Å². The molecular weight excluding hydrogens is 190 g/mol. The van der Waals surface area contributed by atoms with E-state index in [4.69, 9.17) is 0 Å². The molecule has 0 aromatic carbocycles. The quantitative estimate of drug-likeness (QED) is 0.808. The summed E-state index contributed by atoms with van der Waals surface area (Å²) >= 11 is 0. The average Bonchev–Trinajstić information content (AvgIpc) is 2.62. The van der Waals surface area contributed by atoms with Crippen LogP contribution in [0.15, 0.2) is 18.5 Å². The third-order valence-corrected chi connectivity index (χ3v) is 2.74. The number of aliphatic hydroxyl groups is 1. The molecule has 0 aliphatic rings. The van der Waals surface area contributed by atoms with Gasteiger partial charge in [0.1, 0.15) is 6.33 Å². The Balaban J connectivity index is 2.62. The summed E-state index contributed by atoms with van der Waals surface area (Å²) in [6, 6.07) is 4.02. The summed E-state index contributed by atoms with van der Waals surface area (Å²) < 4.78 is 1.78. The highest BCUT2D eigenvalue weighted by atomic mass is 16.3. The van der Waals surface area contributed by atoms with Gasteiger partial charge in [0.25, 0.3) is 0 Å². The second kappa shape index (κ2) is 3.62. The Kier molecular flexibility index (Phi) is 2.44. The van der Waals surface area contributed by atoms with Crippen molar-refractivity contribution in [3.8, 4) is 0 Å². The zero-order chi connectivity index (χ0) is 11.0. The van der Waals surface area contributed by atoms with Crippen LogP contribution in [0.1, 0.15) is 31.0 Å². The van der Waals surface area contributed by atoms with Gasteiger partial charge in [-0.05, 0) is 31.5 Å². The normalized spacial score (nSPS) is 15.5. The molecular formula is C11H15N3O. The smallest absolute Gasteiger partial charge is 0.155 e. The van der Waals surface area contributed by atoms with Gasteiger partial charge in [0, 0.05) is 5.92 Å². The number of nitrogens with zero attached hydrogens (tertiary/aromatic N) is 3. The molecule has 2 aromatic heterocycles. The molecule has 0 spiro atoms. The van der Waals surface area contributed by atoms with Crippen LogP contribution in [-0.2, 0) is 0 Å². The number of aryl methyl sites for hydroxylation is 1. The highest BCUT2D eigenvalue weighted by molar-refractivity contribution is 5.42. The van der Waals surface area contributed by atoms with Crippen LogP contribution in [0.5, 0.6) is 0 Å². The zero-order valence-corrected chi connectivity index (χ0v) is 9.18. The molecule has 80 valence electrons. The van der Waals surface area contributed by atoms with Crippen LogP contribution in [0.25, 0.3) is 5.65 Å². The van der Waals surface area contributed by atoms with Crippen molar-refractivity contribution in [1.82, 2.24) is 14.6 Å². The molecule has 2 heterocycles.